The highest BCUT2D eigenvalue weighted by Gasteiger charge is 2.02. The maximum atomic E-state index is 10.7. The fourth-order valence-electron chi connectivity index (χ4n) is 0.847. The number of aromatic nitrogens is 3. The van der Waals surface area contributed by atoms with Crippen LogP contribution in [0.5, 0.6) is 0 Å². The fraction of sp³-hybridized carbons (Fsp3) is 0.667. The summed E-state index contributed by atoms with van der Waals surface area (Å²) in [6.07, 6.45) is 3.21. The van der Waals surface area contributed by atoms with Crippen molar-refractivity contribution in [1.82, 2.24) is 19.5 Å². The van der Waals surface area contributed by atoms with Gasteiger partial charge in [-0.25, -0.2) is 18.1 Å². The van der Waals surface area contributed by atoms with Gasteiger partial charge in [0.1, 0.15) is 6.33 Å². The van der Waals surface area contributed by atoms with E-state index >= 15 is 0 Å². The first kappa shape index (κ1) is 10.1. The summed E-state index contributed by atoms with van der Waals surface area (Å²) in [6, 6.07) is 0. The topological polar surface area (TPSA) is 76.9 Å². The second-order valence-electron chi connectivity index (χ2n) is 2.75. The molecule has 0 aliphatic rings. The Bertz CT molecular complexity index is 370. The summed E-state index contributed by atoms with van der Waals surface area (Å²) in [5.41, 5.74) is 0. The summed E-state index contributed by atoms with van der Waals surface area (Å²) in [5.74, 6) is 0.638. The molecule has 1 heterocycles. The molecule has 0 fully saturated rings. The van der Waals surface area contributed by atoms with Crippen LogP contribution >= 0.6 is 0 Å². The molecule has 0 aliphatic heterocycles. The molecular weight excluding hydrogens is 192 g/mol. The summed E-state index contributed by atoms with van der Waals surface area (Å²) >= 11 is 0. The molecule has 0 bridgehead atoms. The number of aryl methyl sites for hydroxylation is 1. The van der Waals surface area contributed by atoms with Crippen LogP contribution in [-0.4, -0.2) is 36.0 Å². The molecule has 7 heteroatoms. The molecule has 1 rings (SSSR count). The minimum atomic E-state index is -3.10. The number of sulfonamides is 1. The molecular formula is C6H12N4O2S. The first-order valence-electron chi connectivity index (χ1n) is 3.76. The van der Waals surface area contributed by atoms with Crippen molar-refractivity contribution >= 4 is 10.0 Å². The molecule has 74 valence electrons. The van der Waals surface area contributed by atoms with Crippen LogP contribution in [0, 0.1) is 0 Å². The van der Waals surface area contributed by atoms with Gasteiger partial charge in [-0.05, 0) is 0 Å². The second-order valence-corrected chi connectivity index (χ2v) is 4.58. The Kier molecular flexibility index (Phi) is 2.99. The van der Waals surface area contributed by atoms with Gasteiger partial charge in [-0.15, -0.1) is 0 Å². The first-order valence-corrected chi connectivity index (χ1v) is 5.66. The van der Waals surface area contributed by atoms with E-state index < -0.39 is 10.0 Å². The van der Waals surface area contributed by atoms with Crippen molar-refractivity contribution in [2.75, 3.05) is 12.8 Å². The largest absolute Gasteiger partial charge is 0.256 e. The van der Waals surface area contributed by atoms with E-state index in [-0.39, 0.29) is 0 Å². The van der Waals surface area contributed by atoms with Crippen LogP contribution < -0.4 is 4.72 Å². The summed E-state index contributed by atoms with van der Waals surface area (Å²) < 4.78 is 25.3. The molecule has 0 saturated carbocycles. The van der Waals surface area contributed by atoms with Crippen LogP contribution in [0.2, 0.25) is 0 Å². The van der Waals surface area contributed by atoms with Crippen LogP contribution in [-0.2, 0) is 23.5 Å². The van der Waals surface area contributed by atoms with Crippen LogP contribution in [0.15, 0.2) is 6.33 Å². The van der Waals surface area contributed by atoms with Crippen LogP contribution in [0.25, 0.3) is 0 Å². The van der Waals surface area contributed by atoms with Crippen molar-refractivity contribution in [3.05, 3.63) is 12.2 Å². The van der Waals surface area contributed by atoms with Gasteiger partial charge in [0.25, 0.3) is 0 Å². The molecule has 0 spiro atoms. The SMILES string of the molecule is Cn1cnc(CCNS(C)(=O)=O)n1. The summed E-state index contributed by atoms with van der Waals surface area (Å²) in [6.45, 7) is 0.336. The van der Waals surface area contributed by atoms with Gasteiger partial charge in [0, 0.05) is 20.0 Å². The molecule has 0 saturated heterocycles. The highest BCUT2D eigenvalue weighted by Crippen LogP contribution is 1.88. The number of nitrogens with zero attached hydrogens (tertiary/aromatic N) is 3. The van der Waals surface area contributed by atoms with E-state index in [4.69, 9.17) is 0 Å². The molecule has 0 aliphatic carbocycles. The van der Waals surface area contributed by atoms with Crippen LogP contribution in [0.1, 0.15) is 5.82 Å². The lowest BCUT2D eigenvalue weighted by atomic mass is 10.4. The van der Waals surface area contributed by atoms with Gasteiger partial charge in [-0.1, -0.05) is 0 Å². The van der Waals surface area contributed by atoms with Gasteiger partial charge in [0.2, 0.25) is 10.0 Å². The lowest BCUT2D eigenvalue weighted by Crippen LogP contribution is -2.24. The Balaban J connectivity index is 2.36. The number of rotatable bonds is 4. The molecule has 1 aromatic rings. The Morgan fingerprint density at radius 2 is 2.31 bits per heavy atom. The Morgan fingerprint density at radius 1 is 1.62 bits per heavy atom. The van der Waals surface area contributed by atoms with Crippen LogP contribution in [0.3, 0.4) is 0 Å². The normalized spacial score (nSPS) is 11.8. The van der Waals surface area contributed by atoms with E-state index in [1.54, 1.807) is 18.1 Å². The molecule has 0 radical (unpaired) electrons. The third kappa shape index (κ3) is 4.00. The maximum absolute atomic E-state index is 10.7. The van der Waals surface area contributed by atoms with Crippen LogP contribution in [0.4, 0.5) is 0 Å². The van der Waals surface area contributed by atoms with Crippen molar-refractivity contribution in [2.24, 2.45) is 7.05 Å². The van der Waals surface area contributed by atoms with Gasteiger partial charge >= 0.3 is 0 Å². The van der Waals surface area contributed by atoms with E-state index in [0.717, 1.165) is 6.26 Å². The minimum absolute atomic E-state index is 0.336. The zero-order valence-corrected chi connectivity index (χ0v) is 8.37. The van der Waals surface area contributed by atoms with Crippen molar-refractivity contribution in [3.8, 4) is 0 Å². The Labute approximate surface area is 77.0 Å². The molecule has 1 N–H and O–H groups in total. The van der Waals surface area contributed by atoms with Crippen molar-refractivity contribution in [2.45, 2.75) is 6.42 Å². The van der Waals surface area contributed by atoms with E-state index in [1.165, 1.54) is 0 Å². The summed E-state index contributed by atoms with van der Waals surface area (Å²) in [4.78, 5) is 3.95. The first-order chi connectivity index (χ1) is 5.97. The fourth-order valence-corrected chi connectivity index (χ4v) is 1.32. The van der Waals surface area contributed by atoms with Crippen molar-refractivity contribution < 1.29 is 8.42 Å². The third-order valence-electron chi connectivity index (χ3n) is 1.36. The lowest BCUT2D eigenvalue weighted by Gasteiger charge is -1.97. The minimum Gasteiger partial charge on any atom is -0.256 e. The number of hydrogen-bond donors (Lipinski definition) is 1. The molecule has 0 unspecified atom stereocenters. The smallest absolute Gasteiger partial charge is 0.208 e. The zero-order chi connectivity index (χ0) is 9.90. The molecule has 0 amide bonds. The summed E-state index contributed by atoms with van der Waals surface area (Å²) in [5, 5.41) is 4.00. The van der Waals surface area contributed by atoms with E-state index in [1.807, 2.05) is 0 Å². The Hall–Kier alpha value is -0.950. The average Bonchev–Trinajstić information content (AvgIpc) is 2.33. The monoisotopic (exact) mass is 204 g/mol. The quantitative estimate of drug-likeness (QED) is 0.676. The number of nitrogens with one attached hydrogen (secondary N) is 1. The molecule has 0 aromatic carbocycles. The second kappa shape index (κ2) is 3.84. The van der Waals surface area contributed by atoms with Gasteiger partial charge < -0.3 is 0 Å². The molecule has 1 aromatic heterocycles. The van der Waals surface area contributed by atoms with Gasteiger partial charge in [0.15, 0.2) is 5.82 Å². The van der Waals surface area contributed by atoms with Gasteiger partial charge in [-0.3, -0.25) is 4.68 Å². The van der Waals surface area contributed by atoms with Gasteiger partial charge in [0.05, 0.1) is 6.26 Å². The number of hydrogen-bond acceptors (Lipinski definition) is 4. The van der Waals surface area contributed by atoms with Crippen molar-refractivity contribution in [1.29, 1.82) is 0 Å². The third-order valence-corrected chi connectivity index (χ3v) is 2.09. The predicted molar refractivity (Wildman–Crippen MR) is 47.6 cm³/mol. The zero-order valence-electron chi connectivity index (χ0n) is 7.56. The van der Waals surface area contributed by atoms with Crippen molar-refractivity contribution in [3.63, 3.8) is 0 Å². The maximum Gasteiger partial charge on any atom is 0.208 e. The summed E-state index contributed by atoms with van der Waals surface area (Å²) in [7, 11) is -1.34. The lowest BCUT2D eigenvalue weighted by molar-refractivity contribution is 0.587. The Morgan fingerprint density at radius 3 is 2.77 bits per heavy atom. The predicted octanol–water partition coefficient (Wildman–Crippen LogP) is -1.09. The molecule has 6 nitrogen and oxygen atoms in total. The van der Waals surface area contributed by atoms with E-state index in [9.17, 15) is 8.42 Å². The average molecular weight is 204 g/mol. The molecule has 13 heavy (non-hydrogen) atoms. The molecule has 0 atom stereocenters. The highest BCUT2D eigenvalue weighted by atomic mass is 32.2. The van der Waals surface area contributed by atoms with E-state index in [2.05, 4.69) is 14.8 Å². The standard InChI is InChI=1S/C6H12N4O2S/c1-10-5-7-6(9-10)3-4-8-13(2,11)12/h5,8H,3-4H2,1-2H3. The highest BCUT2D eigenvalue weighted by molar-refractivity contribution is 7.88. The van der Waals surface area contributed by atoms with E-state index in [0.29, 0.717) is 18.8 Å². The van der Waals surface area contributed by atoms with Gasteiger partial charge in [-0.2, -0.15) is 5.10 Å².